The second-order valence-corrected chi connectivity index (χ2v) is 3.56. The van der Waals surface area contributed by atoms with E-state index in [1.807, 2.05) is 30.3 Å². The molecule has 0 atom stereocenters. The first kappa shape index (κ1) is 10.7. The lowest BCUT2D eigenvalue weighted by atomic mass is 10.3. The molecule has 6 heteroatoms. The van der Waals surface area contributed by atoms with Gasteiger partial charge in [-0.1, -0.05) is 18.2 Å². The number of hydrogen-bond donors (Lipinski definition) is 2. The lowest BCUT2D eigenvalue weighted by Gasteiger charge is -2.04. The zero-order valence-electron chi connectivity index (χ0n) is 8.58. The summed E-state index contributed by atoms with van der Waals surface area (Å²) in [5, 5.41) is 7.00. The third-order valence-electron chi connectivity index (χ3n) is 1.88. The summed E-state index contributed by atoms with van der Waals surface area (Å²) in [6.07, 6.45) is 0. The number of carbonyl (C=O) groups is 1. The van der Waals surface area contributed by atoms with Crippen LogP contribution in [0.1, 0.15) is 6.92 Å². The minimum absolute atomic E-state index is 0.196. The quantitative estimate of drug-likeness (QED) is 0.774. The molecule has 1 aromatic heterocycles. The van der Waals surface area contributed by atoms with Crippen LogP contribution in [0.4, 0.5) is 5.95 Å². The van der Waals surface area contributed by atoms with Crippen LogP contribution in [-0.4, -0.2) is 20.7 Å². The van der Waals surface area contributed by atoms with E-state index >= 15 is 0 Å². The van der Waals surface area contributed by atoms with Gasteiger partial charge in [-0.25, -0.2) is 0 Å². The Morgan fingerprint density at radius 3 is 2.69 bits per heavy atom. The summed E-state index contributed by atoms with van der Waals surface area (Å²) in [5.41, 5.74) is 0.819. The predicted octanol–water partition coefficient (Wildman–Crippen LogP) is 1.51. The van der Waals surface area contributed by atoms with E-state index in [2.05, 4.69) is 28.0 Å². The third-order valence-corrected chi connectivity index (χ3v) is 2.07. The van der Waals surface area contributed by atoms with Crippen LogP contribution in [0, 0.1) is 0 Å². The number of hydrogen-bond acceptors (Lipinski definition) is 4. The van der Waals surface area contributed by atoms with Crippen LogP contribution >= 0.6 is 12.6 Å². The number of benzene rings is 1. The van der Waals surface area contributed by atoms with E-state index in [0.29, 0.717) is 11.1 Å². The molecule has 16 heavy (non-hydrogen) atoms. The molecule has 1 heterocycles. The number of aromatic nitrogens is 3. The van der Waals surface area contributed by atoms with Crippen LogP contribution in [0.3, 0.4) is 0 Å². The fraction of sp³-hybridized carbons (Fsp3) is 0.100. The van der Waals surface area contributed by atoms with E-state index < -0.39 is 0 Å². The van der Waals surface area contributed by atoms with Crippen molar-refractivity contribution in [3.8, 4) is 5.69 Å². The van der Waals surface area contributed by atoms with Crippen molar-refractivity contribution in [3.05, 3.63) is 30.3 Å². The molecule has 0 bridgehead atoms. The number of amides is 1. The standard InChI is InChI=1S/C10H10N4OS/c1-7(15)11-9-12-10(16)13-14(9)8-5-3-2-4-6-8/h2-6H,1H3,(H2,11,12,13,15,16). The first-order chi connectivity index (χ1) is 7.66. The normalized spacial score (nSPS) is 10.1. The molecule has 2 rings (SSSR count). The van der Waals surface area contributed by atoms with Gasteiger partial charge in [-0.15, -0.1) is 17.7 Å². The van der Waals surface area contributed by atoms with Gasteiger partial charge in [-0.2, -0.15) is 9.67 Å². The maximum atomic E-state index is 11.0. The monoisotopic (exact) mass is 234 g/mol. The zero-order valence-corrected chi connectivity index (χ0v) is 9.48. The maximum absolute atomic E-state index is 11.0. The fourth-order valence-corrected chi connectivity index (χ4v) is 1.47. The Morgan fingerprint density at radius 1 is 1.38 bits per heavy atom. The summed E-state index contributed by atoms with van der Waals surface area (Å²) in [7, 11) is 0. The van der Waals surface area contributed by atoms with Crippen LogP contribution < -0.4 is 5.32 Å². The Kier molecular flexibility index (Phi) is 2.91. The molecule has 82 valence electrons. The van der Waals surface area contributed by atoms with E-state index in [0.717, 1.165) is 5.69 Å². The van der Waals surface area contributed by atoms with Gasteiger partial charge in [0.1, 0.15) is 0 Å². The maximum Gasteiger partial charge on any atom is 0.233 e. The van der Waals surface area contributed by atoms with E-state index in [4.69, 9.17) is 0 Å². The third kappa shape index (κ3) is 2.22. The number of anilines is 1. The van der Waals surface area contributed by atoms with Gasteiger partial charge in [-0.3, -0.25) is 10.1 Å². The number of thiol groups is 1. The molecule has 1 aromatic carbocycles. The van der Waals surface area contributed by atoms with Gasteiger partial charge in [0.05, 0.1) is 5.69 Å². The second kappa shape index (κ2) is 4.36. The molecular weight excluding hydrogens is 224 g/mol. The Bertz CT molecular complexity index is 509. The van der Waals surface area contributed by atoms with E-state index in [9.17, 15) is 4.79 Å². The SMILES string of the molecule is CC(=O)Nc1nc(S)nn1-c1ccccc1. The molecule has 0 aliphatic rings. The van der Waals surface area contributed by atoms with Gasteiger partial charge in [0, 0.05) is 6.92 Å². The van der Waals surface area contributed by atoms with Gasteiger partial charge in [0.2, 0.25) is 17.0 Å². The summed E-state index contributed by atoms with van der Waals surface area (Å²) in [6, 6.07) is 9.40. The van der Waals surface area contributed by atoms with Gasteiger partial charge in [0.25, 0.3) is 0 Å². The van der Waals surface area contributed by atoms with Crippen molar-refractivity contribution < 1.29 is 4.79 Å². The van der Waals surface area contributed by atoms with E-state index in [1.54, 1.807) is 0 Å². The van der Waals surface area contributed by atoms with E-state index in [1.165, 1.54) is 11.6 Å². The highest BCUT2D eigenvalue weighted by Gasteiger charge is 2.10. The van der Waals surface area contributed by atoms with Crippen molar-refractivity contribution in [1.82, 2.24) is 14.8 Å². The minimum atomic E-state index is -0.196. The van der Waals surface area contributed by atoms with Crippen molar-refractivity contribution in [2.45, 2.75) is 12.1 Å². The molecular formula is C10H10N4OS. The Morgan fingerprint density at radius 2 is 2.06 bits per heavy atom. The molecule has 1 amide bonds. The fourth-order valence-electron chi connectivity index (χ4n) is 1.29. The number of carbonyl (C=O) groups excluding carboxylic acids is 1. The van der Waals surface area contributed by atoms with Crippen LogP contribution in [0.15, 0.2) is 35.5 Å². The first-order valence-electron chi connectivity index (χ1n) is 4.66. The highest BCUT2D eigenvalue weighted by molar-refractivity contribution is 7.80. The first-order valence-corrected chi connectivity index (χ1v) is 5.10. The van der Waals surface area contributed by atoms with Crippen LogP contribution in [0.5, 0.6) is 0 Å². The molecule has 0 saturated carbocycles. The van der Waals surface area contributed by atoms with Crippen molar-refractivity contribution in [3.63, 3.8) is 0 Å². The van der Waals surface area contributed by atoms with Gasteiger partial charge in [-0.05, 0) is 12.1 Å². The van der Waals surface area contributed by atoms with Crippen LogP contribution in [0.2, 0.25) is 0 Å². The van der Waals surface area contributed by atoms with Gasteiger partial charge >= 0.3 is 0 Å². The van der Waals surface area contributed by atoms with E-state index in [-0.39, 0.29) is 5.91 Å². The lowest BCUT2D eigenvalue weighted by molar-refractivity contribution is -0.114. The largest absolute Gasteiger partial charge is 0.295 e. The average Bonchev–Trinajstić information content (AvgIpc) is 2.60. The topological polar surface area (TPSA) is 59.8 Å². The van der Waals surface area contributed by atoms with Crippen molar-refractivity contribution in [1.29, 1.82) is 0 Å². The molecule has 0 aliphatic carbocycles. The minimum Gasteiger partial charge on any atom is -0.295 e. The van der Waals surface area contributed by atoms with Crippen molar-refractivity contribution in [2.75, 3.05) is 5.32 Å². The van der Waals surface area contributed by atoms with Crippen molar-refractivity contribution in [2.24, 2.45) is 0 Å². The molecule has 0 unspecified atom stereocenters. The molecule has 0 aliphatic heterocycles. The lowest BCUT2D eigenvalue weighted by Crippen LogP contribution is -2.11. The number of rotatable bonds is 2. The van der Waals surface area contributed by atoms with Gasteiger partial charge in [0.15, 0.2) is 0 Å². The summed E-state index contributed by atoms with van der Waals surface area (Å²) in [6.45, 7) is 1.42. The molecule has 0 fully saturated rings. The Balaban J connectivity index is 2.44. The molecule has 2 aromatic rings. The Labute approximate surface area is 97.9 Å². The molecule has 1 N–H and O–H groups in total. The average molecular weight is 234 g/mol. The van der Waals surface area contributed by atoms with Crippen LogP contribution in [-0.2, 0) is 4.79 Å². The molecule has 5 nitrogen and oxygen atoms in total. The molecule has 0 saturated heterocycles. The summed E-state index contributed by atoms with van der Waals surface area (Å²) < 4.78 is 1.53. The zero-order chi connectivity index (χ0) is 11.5. The summed E-state index contributed by atoms with van der Waals surface area (Å²) in [5.74, 6) is 0.168. The number of nitrogens with one attached hydrogen (secondary N) is 1. The summed E-state index contributed by atoms with van der Waals surface area (Å²) in [4.78, 5) is 15.0. The highest BCUT2D eigenvalue weighted by atomic mass is 32.1. The van der Waals surface area contributed by atoms with Gasteiger partial charge < -0.3 is 0 Å². The Hall–Kier alpha value is -1.82. The predicted molar refractivity (Wildman–Crippen MR) is 62.9 cm³/mol. The molecule has 0 radical (unpaired) electrons. The smallest absolute Gasteiger partial charge is 0.233 e. The summed E-state index contributed by atoms with van der Waals surface area (Å²) >= 11 is 4.05. The second-order valence-electron chi connectivity index (χ2n) is 3.16. The number of para-hydroxylation sites is 1. The highest BCUT2D eigenvalue weighted by Crippen LogP contribution is 2.14. The molecule has 0 spiro atoms. The van der Waals surface area contributed by atoms with Crippen LogP contribution in [0.25, 0.3) is 5.69 Å². The van der Waals surface area contributed by atoms with Crippen molar-refractivity contribution >= 4 is 24.5 Å². The number of nitrogens with zero attached hydrogens (tertiary/aromatic N) is 3.